The van der Waals surface area contributed by atoms with E-state index in [1.165, 1.54) is 29.2 Å². The highest BCUT2D eigenvalue weighted by Crippen LogP contribution is 2.37. The number of amides is 1. The minimum Gasteiger partial charge on any atom is -0.476 e. The van der Waals surface area contributed by atoms with Crippen LogP contribution >= 0.6 is 34.7 Å². The first-order valence-corrected chi connectivity index (χ1v) is 13.1. The van der Waals surface area contributed by atoms with Crippen molar-refractivity contribution in [3.63, 3.8) is 0 Å². The van der Waals surface area contributed by atoms with Crippen LogP contribution < -0.4 is 14.4 Å². The largest absolute Gasteiger partial charge is 0.476 e. The van der Waals surface area contributed by atoms with Crippen molar-refractivity contribution < 1.29 is 17.9 Å². The molecule has 8 nitrogen and oxygen atoms in total. The molecule has 1 aromatic heterocycles. The maximum Gasteiger partial charge on any atom is 0.269 e. The summed E-state index contributed by atoms with van der Waals surface area (Å²) < 4.78 is 32.1. The molecular formula is C19H17ClN4O4S3. The van der Waals surface area contributed by atoms with Crippen molar-refractivity contribution in [1.29, 1.82) is 0 Å². The van der Waals surface area contributed by atoms with E-state index in [0.717, 1.165) is 21.9 Å². The molecule has 2 aromatic carbocycles. The maximum absolute atomic E-state index is 12.8. The van der Waals surface area contributed by atoms with Crippen LogP contribution in [0.4, 0.5) is 10.8 Å². The number of hydrogen-bond acceptors (Lipinski definition) is 8. The first-order chi connectivity index (χ1) is 14.8. The van der Waals surface area contributed by atoms with Gasteiger partial charge in [0.05, 0.1) is 18.5 Å². The van der Waals surface area contributed by atoms with Crippen molar-refractivity contribution in [3.8, 4) is 5.75 Å². The summed E-state index contributed by atoms with van der Waals surface area (Å²) in [6.45, 7) is -0.174. The van der Waals surface area contributed by atoms with Gasteiger partial charge >= 0.3 is 0 Å². The third-order valence-corrected chi connectivity index (χ3v) is 7.75. The van der Waals surface area contributed by atoms with Gasteiger partial charge in [-0.25, -0.2) is 8.42 Å². The minimum atomic E-state index is -3.64. The second-order valence-corrected chi connectivity index (χ2v) is 11.2. The van der Waals surface area contributed by atoms with Crippen LogP contribution in [0, 0.1) is 0 Å². The fourth-order valence-electron chi connectivity index (χ4n) is 2.90. The fourth-order valence-corrected chi connectivity index (χ4v) is 5.68. The number of sulfonamides is 1. The zero-order valence-corrected chi connectivity index (χ0v) is 19.4. The third kappa shape index (κ3) is 5.29. The van der Waals surface area contributed by atoms with Crippen LogP contribution in [0.2, 0.25) is 5.02 Å². The molecule has 1 atom stereocenters. The monoisotopic (exact) mass is 496 g/mol. The van der Waals surface area contributed by atoms with Gasteiger partial charge in [-0.15, -0.1) is 10.2 Å². The lowest BCUT2D eigenvalue weighted by molar-refractivity contribution is -0.122. The van der Waals surface area contributed by atoms with E-state index in [1.54, 1.807) is 12.1 Å². The zero-order valence-electron chi connectivity index (χ0n) is 16.2. The second kappa shape index (κ2) is 9.03. The number of anilines is 2. The van der Waals surface area contributed by atoms with Gasteiger partial charge in [-0.3, -0.25) is 14.4 Å². The Morgan fingerprint density at radius 1 is 1.29 bits per heavy atom. The summed E-state index contributed by atoms with van der Waals surface area (Å²) in [5.41, 5.74) is 1.46. The van der Waals surface area contributed by atoms with Crippen LogP contribution in [-0.4, -0.2) is 43.4 Å². The molecule has 1 unspecified atom stereocenters. The number of benzene rings is 2. The lowest BCUT2D eigenvalue weighted by Crippen LogP contribution is -2.48. The Bertz CT molecular complexity index is 1200. The van der Waals surface area contributed by atoms with Crippen molar-refractivity contribution in [2.75, 3.05) is 22.4 Å². The number of rotatable bonds is 6. The third-order valence-electron chi connectivity index (χ3n) is 4.33. The lowest BCUT2D eigenvalue weighted by Gasteiger charge is -2.33. The van der Waals surface area contributed by atoms with Gasteiger partial charge in [0.15, 0.2) is 10.4 Å². The van der Waals surface area contributed by atoms with Gasteiger partial charge in [-0.1, -0.05) is 65.0 Å². The number of aromatic nitrogens is 2. The molecule has 31 heavy (non-hydrogen) atoms. The number of halogens is 1. The van der Waals surface area contributed by atoms with Crippen LogP contribution in [0.5, 0.6) is 5.75 Å². The number of carbonyl (C=O) groups excluding carboxylic acids is 1. The van der Waals surface area contributed by atoms with Gasteiger partial charge in [0.2, 0.25) is 15.2 Å². The van der Waals surface area contributed by atoms with Gasteiger partial charge < -0.3 is 4.74 Å². The Hall–Kier alpha value is -2.34. The Kier molecular flexibility index (Phi) is 6.37. The highest BCUT2D eigenvalue weighted by molar-refractivity contribution is 8.00. The summed E-state index contributed by atoms with van der Waals surface area (Å²) in [7, 11) is -3.64. The van der Waals surface area contributed by atoms with Gasteiger partial charge in [0.25, 0.3) is 5.91 Å². The predicted octanol–water partition coefficient (Wildman–Crippen LogP) is 3.65. The highest BCUT2D eigenvalue weighted by atomic mass is 35.5. The smallest absolute Gasteiger partial charge is 0.269 e. The fraction of sp³-hybridized carbons (Fsp3) is 0.211. The molecule has 2 heterocycles. The van der Waals surface area contributed by atoms with E-state index in [0.29, 0.717) is 20.2 Å². The molecule has 4 rings (SSSR count). The first kappa shape index (κ1) is 21.9. The molecule has 0 aliphatic carbocycles. The molecule has 0 fully saturated rings. The highest BCUT2D eigenvalue weighted by Gasteiger charge is 2.35. The van der Waals surface area contributed by atoms with Crippen LogP contribution in [0.25, 0.3) is 0 Å². The van der Waals surface area contributed by atoms with E-state index in [-0.39, 0.29) is 12.3 Å². The second-order valence-electron chi connectivity index (χ2n) is 6.65. The van der Waals surface area contributed by atoms with E-state index in [2.05, 4.69) is 15.5 Å². The van der Waals surface area contributed by atoms with E-state index < -0.39 is 22.0 Å². The molecule has 1 amide bonds. The minimum absolute atomic E-state index is 0.174. The summed E-state index contributed by atoms with van der Waals surface area (Å²) in [5, 5.41) is 11.4. The molecule has 162 valence electrons. The van der Waals surface area contributed by atoms with Crippen LogP contribution in [0.3, 0.4) is 0 Å². The summed E-state index contributed by atoms with van der Waals surface area (Å²) in [4.78, 5) is 12.8. The summed E-state index contributed by atoms with van der Waals surface area (Å²) in [5.74, 6) is 0.486. The van der Waals surface area contributed by atoms with Gasteiger partial charge in [0.1, 0.15) is 5.75 Å². The van der Waals surface area contributed by atoms with Crippen LogP contribution in [-0.2, 0) is 20.6 Å². The number of hydrogen-bond donors (Lipinski definition) is 1. The summed E-state index contributed by atoms with van der Waals surface area (Å²) in [6, 6.07) is 14.5. The molecule has 0 spiro atoms. The van der Waals surface area contributed by atoms with Gasteiger partial charge in [-0.2, -0.15) is 0 Å². The molecule has 0 bridgehead atoms. The first-order valence-electron chi connectivity index (χ1n) is 9.04. The Labute approximate surface area is 192 Å². The molecule has 0 saturated carbocycles. The standard InChI is InChI=1S/C19H17ClN4O4S3/c1-31(26,27)24-10-16(28-15-8-7-13(20)9-14(15)24)17(25)21-18-22-23-19(30-18)29-11-12-5-3-2-4-6-12/h2-9,16H,10-11H2,1H3,(H,21,22,25). The normalized spacial score (nSPS) is 15.8. The average Bonchev–Trinajstić information content (AvgIpc) is 3.18. The van der Waals surface area contributed by atoms with Crippen LogP contribution in [0.15, 0.2) is 52.9 Å². The van der Waals surface area contributed by atoms with E-state index in [9.17, 15) is 13.2 Å². The molecule has 12 heteroatoms. The van der Waals surface area contributed by atoms with E-state index >= 15 is 0 Å². The van der Waals surface area contributed by atoms with Gasteiger partial charge in [0, 0.05) is 10.8 Å². The van der Waals surface area contributed by atoms with Crippen molar-refractivity contribution in [3.05, 3.63) is 59.1 Å². The predicted molar refractivity (Wildman–Crippen MR) is 123 cm³/mol. The molecule has 0 radical (unpaired) electrons. The lowest BCUT2D eigenvalue weighted by atomic mass is 10.2. The number of thioether (sulfide) groups is 1. The van der Waals surface area contributed by atoms with E-state index in [4.69, 9.17) is 16.3 Å². The maximum atomic E-state index is 12.8. The molecular weight excluding hydrogens is 480 g/mol. The van der Waals surface area contributed by atoms with Crippen molar-refractivity contribution in [1.82, 2.24) is 10.2 Å². The molecule has 3 aromatic rings. The quantitative estimate of drug-likeness (QED) is 0.410. The molecule has 1 N–H and O–H groups in total. The van der Waals surface area contributed by atoms with Crippen LogP contribution in [0.1, 0.15) is 5.56 Å². The average molecular weight is 497 g/mol. The number of ether oxygens (including phenoxy) is 1. The van der Waals surface area contributed by atoms with Crippen molar-refractivity contribution in [2.45, 2.75) is 16.2 Å². The zero-order chi connectivity index (χ0) is 22.0. The van der Waals surface area contributed by atoms with Gasteiger partial charge in [-0.05, 0) is 23.8 Å². The Morgan fingerprint density at radius 3 is 2.81 bits per heavy atom. The Balaban J connectivity index is 1.44. The number of carbonyl (C=O) groups is 1. The molecule has 1 aliphatic heterocycles. The van der Waals surface area contributed by atoms with Crippen molar-refractivity contribution >= 4 is 61.4 Å². The topological polar surface area (TPSA) is 101 Å². The SMILES string of the molecule is CS(=O)(=O)N1CC(C(=O)Nc2nnc(SCc3ccccc3)s2)Oc2ccc(Cl)cc21. The summed E-state index contributed by atoms with van der Waals surface area (Å²) in [6.07, 6.45) is 0.0200. The van der Waals surface area contributed by atoms with Crippen molar-refractivity contribution in [2.24, 2.45) is 0 Å². The number of fused-ring (bicyclic) bond motifs is 1. The molecule has 0 saturated heterocycles. The summed E-state index contributed by atoms with van der Waals surface area (Å²) >= 11 is 8.75. The van der Waals surface area contributed by atoms with E-state index in [1.807, 2.05) is 30.3 Å². The number of nitrogens with one attached hydrogen (secondary N) is 1. The number of nitrogens with zero attached hydrogens (tertiary/aromatic N) is 3. The Morgan fingerprint density at radius 2 is 2.06 bits per heavy atom. The molecule has 1 aliphatic rings.